The molecule has 1 saturated heterocycles. The minimum Gasteiger partial charge on any atom is -0.632 e. The normalized spacial score (nSPS) is 30.8. The molecule has 3 nitrogen and oxygen atoms in total. The van der Waals surface area contributed by atoms with Crippen LogP contribution >= 0.6 is 0 Å². The molecule has 2 atom stereocenters. The minimum absolute atomic E-state index is 0.108. The summed E-state index contributed by atoms with van der Waals surface area (Å²) in [6.07, 6.45) is 0.964. The van der Waals surface area contributed by atoms with Gasteiger partial charge in [-0.3, -0.25) is 0 Å². The number of hydrogen-bond donors (Lipinski definition) is 0. The fraction of sp³-hybridized carbons (Fsp3) is 0.538. The zero-order valence-electron chi connectivity index (χ0n) is 10.1. The summed E-state index contributed by atoms with van der Waals surface area (Å²) in [6.45, 7) is 4.54. The van der Waals surface area contributed by atoms with Gasteiger partial charge in [-0.1, -0.05) is 37.3 Å². The first-order valence-corrected chi connectivity index (χ1v) is 5.94. The second-order valence-corrected chi connectivity index (χ2v) is 4.87. The van der Waals surface area contributed by atoms with Gasteiger partial charge in [-0.15, -0.1) is 0 Å². The van der Waals surface area contributed by atoms with Crippen LogP contribution in [0.25, 0.3) is 0 Å². The summed E-state index contributed by atoms with van der Waals surface area (Å²) in [6, 6.07) is 10.6. The van der Waals surface area contributed by atoms with Crippen LogP contribution < -0.4 is 0 Å². The summed E-state index contributed by atoms with van der Waals surface area (Å²) in [7, 11) is 1.79. The fourth-order valence-corrected chi connectivity index (χ4v) is 2.51. The molecule has 0 amide bonds. The molecular formula is C13H20N2O. The molecule has 1 aliphatic heterocycles. The third-order valence-electron chi connectivity index (χ3n) is 3.44. The van der Waals surface area contributed by atoms with Gasteiger partial charge in [-0.25, -0.2) is 4.90 Å². The zero-order chi connectivity index (χ0) is 11.6. The molecule has 2 rings (SSSR count). The maximum Gasteiger partial charge on any atom is 0.135 e. The van der Waals surface area contributed by atoms with Crippen LogP contribution in [-0.4, -0.2) is 35.8 Å². The Bertz CT molecular complexity index is 337. The molecule has 0 radical (unpaired) electrons. The summed E-state index contributed by atoms with van der Waals surface area (Å²) in [5.74, 6) is 0. The van der Waals surface area contributed by atoms with Crippen molar-refractivity contribution in [2.24, 2.45) is 0 Å². The highest BCUT2D eigenvalue weighted by molar-refractivity contribution is 5.14. The maximum absolute atomic E-state index is 12.2. The molecule has 0 aliphatic carbocycles. The molecule has 88 valence electrons. The Labute approximate surface area is 97.5 Å². The van der Waals surface area contributed by atoms with E-state index in [1.54, 1.807) is 7.05 Å². The van der Waals surface area contributed by atoms with Crippen LogP contribution in [0.15, 0.2) is 30.3 Å². The molecule has 3 heteroatoms. The Kier molecular flexibility index (Phi) is 3.28. The number of hydrogen-bond acceptors (Lipinski definition) is 2. The third kappa shape index (κ3) is 2.43. The smallest absolute Gasteiger partial charge is 0.135 e. The van der Waals surface area contributed by atoms with Crippen LogP contribution in [0.5, 0.6) is 0 Å². The van der Waals surface area contributed by atoms with Crippen LogP contribution in [-0.2, 0) is 6.54 Å². The highest BCUT2D eigenvalue weighted by Crippen LogP contribution is 2.23. The van der Waals surface area contributed by atoms with Crippen molar-refractivity contribution in [2.75, 3.05) is 20.3 Å². The number of benzene rings is 1. The highest BCUT2D eigenvalue weighted by atomic mass is 16.6. The number of nitrogens with zero attached hydrogens (tertiary/aromatic N) is 2. The Morgan fingerprint density at radius 3 is 2.62 bits per heavy atom. The molecular weight excluding hydrogens is 200 g/mol. The van der Waals surface area contributed by atoms with Crippen molar-refractivity contribution in [3.05, 3.63) is 41.1 Å². The van der Waals surface area contributed by atoms with Crippen molar-refractivity contribution >= 4 is 0 Å². The van der Waals surface area contributed by atoms with Gasteiger partial charge in [-0.05, 0) is 12.0 Å². The second kappa shape index (κ2) is 4.53. The monoisotopic (exact) mass is 220 g/mol. The average molecular weight is 220 g/mol. The lowest BCUT2D eigenvalue weighted by atomic mass is 10.2. The molecule has 0 bridgehead atoms. The SMILES string of the molecule is CCC1CN(Cc2ccccc2)C[N+]1(C)[O-]. The first kappa shape index (κ1) is 11.6. The van der Waals surface area contributed by atoms with E-state index in [9.17, 15) is 5.21 Å². The van der Waals surface area contributed by atoms with E-state index in [1.807, 2.05) is 18.2 Å². The Morgan fingerprint density at radius 1 is 1.38 bits per heavy atom. The van der Waals surface area contributed by atoms with Gasteiger partial charge >= 0.3 is 0 Å². The second-order valence-electron chi connectivity index (χ2n) is 4.87. The first-order chi connectivity index (χ1) is 7.62. The van der Waals surface area contributed by atoms with Crippen LogP contribution in [0.1, 0.15) is 18.9 Å². The zero-order valence-corrected chi connectivity index (χ0v) is 10.1. The summed E-state index contributed by atoms with van der Waals surface area (Å²) in [5.41, 5.74) is 1.29. The van der Waals surface area contributed by atoms with E-state index in [-0.39, 0.29) is 10.7 Å². The van der Waals surface area contributed by atoms with Gasteiger partial charge in [0.05, 0.1) is 13.6 Å². The lowest BCUT2D eigenvalue weighted by Gasteiger charge is -2.39. The Balaban J connectivity index is 1.99. The molecule has 0 spiro atoms. The van der Waals surface area contributed by atoms with Crippen molar-refractivity contribution in [2.45, 2.75) is 25.9 Å². The standard InChI is InChI=1S/C13H20N2O/c1-3-13-10-14(11-15(13,2)16)9-12-7-5-4-6-8-12/h4-8,13H,3,9-11H2,1-2H3. The number of quaternary nitrogens is 1. The summed E-state index contributed by atoms with van der Waals surface area (Å²) < 4.78 is -0.108. The van der Waals surface area contributed by atoms with E-state index in [0.717, 1.165) is 19.5 Å². The molecule has 1 heterocycles. The molecule has 0 aromatic heterocycles. The molecule has 0 saturated carbocycles. The van der Waals surface area contributed by atoms with Crippen molar-refractivity contribution in [1.29, 1.82) is 0 Å². The highest BCUT2D eigenvalue weighted by Gasteiger charge is 2.34. The van der Waals surface area contributed by atoms with E-state index in [2.05, 4.69) is 24.0 Å². The van der Waals surface area contributed by atoms with Gasteiger partial charge in [0.2, 0.25) is 0 Å². The molecule has 2 unspecified atom stereocenters. The average Bonchev–Trinajstić information content (AvgIpc) is 2.54. The van der Waals surface area contributed by atoms with Crippen LogP contribution in [0.4, 0.5) is 0 Å². The summed E-state index contributed by atoms with van der Waals surface area (Å²) >= 11 is 0. The van der Waals surface area contributed by atoms with Crippen LogP contribution in [0.2, 0.25) is 0 Å². The van der Waals surface area contributed by atoms with Gasteiger partial charge in [0.15, 0.2) is 0 Å². The van der Waals surface area contributed by atoms with Gasteiger partial charge in [0.25, 0.3) is 0 Å². The Morgan fingerprint density at radius 2 is 2.06 bits per heavy atom. The van der Waals surface area contributed by atoms with Gasteiger partial charge in [-0.2, -0.15) is 0 Å². The molecule has 16 heavy (non-hydrogen) atoms. The maximum atomic E-state index is 12.2. The van der Waals surface area contributed by atoms with Gasteiger partial charge in [0.1, 0.15) is 12.7 Å². The third-order valence-corrected chi connectivity index (χ3v) is 3.44. The number of rotatable bonds is 3. The van der Waals surface area contributed by atoms with E-state index in [1.165, 1.54) is 5.56 Å². The summed E-state index contributed by atoms with van der Waals surface area (Å²) in [5, 5.41) is 12.2. The van der Waals surface area contributed by atoms with Crippen LogP contribution in [0.3, 0.4) is 0 Å². The quantitative estimate of drug-likeness (QED) is 0.576. The van der Waals surface area contributed by atoms with Crippen molar-refractivity contribution < 1.29 is 4.65 Å². The van der Waals surface area contributed by atoms with Crippen molar-refractivity contribution in [1.82, 2.24) is 4.90 Å². The lowest BCUT2D eigenvalue weighted by molar-refractivity contribution is -0.876. The lowest BCUT2D eigenvalue weighted by Crippen LogP contribution is -2.43. The Hall–Kier alpha value is -0.900. The number of hydroxylamine groups is 3. The first-order valence-electron chi connectivity index (χ1n) is 5.94. The van der Waals surface area contributed by atoms with Crippen molar-refractivity contribution in [3.8, 4) is 0 Å². The van der Waals surface area contributed by atoms with E-state index >= 15 is 0 Å². The minimum atomic E-state index is -0.108. The molecule has 1 fully saturated rings. The largest absolute Gasteiger partial charge is 0.632 e. The summed E-state index contributed by atoms with van der Waals surface area (Å²) in [4.78, 5) is 2.26. The predicted molar refractivity (Wildman–Crippen MR) is 65.3 cm³/mol. The molecule has 1 aromatic rings. The number of likely N-dealkylation sites (N-methyl/N-ethyl adjacent to an activating group) is 1. The van der Waals surface area contributed by atoms with Crippen LogP contribution in [0, 0.1) is 5.21 Å². The fourth-order valence-electron chi connectivity index (χ4n) is 2.51. The van der Waals surface area contributed by atoms with E-state index in [4.69, 9.17) is 0 Å². The van der Waals surface area contributed by atoms with E-state index in [0.29, 0.717) is 6.67 Å². The predicted octanol–water partition coefficient (Wildman–Crippen LogP) is 2.18. The van der Waals surface area contributed by atoms with Gasteiger partial charge in [0, 0.05) is 6.54 Å². The molecule has 1 aliphatic rings. The van der Waals surface area contributed by atoms with Gasteiger partial charge < -0.3 is 9.85 Å². The topological polar surface area (TPSA) is 26.3 Å². The molecule has 0 N–H and O–H groups in total. The molecule has 1 aromatic carbocycles. The van der Waals surface area contributed by atoms with E-state index < -0.39 is 0 Å². The van der Waals surface area contributed by atoms with Crippen molar-refractivity contribution in [3.63, 3.8) is 0 Å².